The molecule has 4 fully saturated rings. The molecule has 1 aliphatic heterocycles. The third-order valence-electron chi connectivity index (χ3n) is 14.0. The van der Waals surface area contributed by atoms with E-state index in [2.05, 4.69) is 148 Å². The molecule has 1 heterocycles. The minimum atomic E-state index is 0.116. The van der Waals surface area contributed by atoms with Gasteiger partial charge in [-0.15, -0.1) is 0 Å². The minimum absolute atomic E-state index is 0.116. The number of anilines is 3. The molecule has 5 aromatic carbocycles. The van der Waals surface area contributed by atoms with Crippen LogP contribution in [0.25, 0.3) is 11.1 Å². The molecule has 0 aromatic heterocycles. The van der Waals surface area contributed by atoms with Crippen LogP contribution in [0.2, 0.25) is 0 Å². The second-order valence-electron chi connectivity index (χ2n) is 17.7. The van der Waals surface area contributed by atoms with Gasteiger partial charge in [-0.1, -0.05) is 106 Å². The van der Waals surface area contributed by atoms with Gasteiger partial charge in [0.2, 0.25) is 0 Å². The van der Waals surface area contributed by atoms with Crippen LogP contribution in [0.1, 0.15) is 94.9 Å². The van der Waals surface area contributed by atoms with E-state index >= 15 is 0 Å². The summed E-state index contributed by atoms with van der Waals surface area (Å²) in [4.78, 5) is 5.54. The maximum Gasteiger partial charge on any atom is 0.0465 e. The molecule has 0 saturated heterocycles. The first-order valence-corrected chi connectivity index (χ1v) is 20.0. The summed E-state index contributed by atoms with van der Waals surface area (Å²) >= 11 is 2.01. The third-order valence-corrected chi connectivity index (χ3v) is 15.1. The van der Waals surface area contributed by atoms with Crippen molar-refractivity contribution in [2.45, 2.75) is 98.7 Å². The molecule has 2 heteroatoms. The second kappa shape index (κ2) is 11.1. The fraction of sp³-hybridized carbons (Fsp3) is 0.375. The van der Waals surface area contributed by atoms with Crippen molar-refractivity contribution >= 4 is 28.8 Å². The van der Waals surface area contributed by atoms with E-state index in [9.17, 15) is 0 Å². The highest BCUT2D eigenvalue weighted by Gasteiger charge is 2.60. The molecule has 1 spiro atoms. The van der Waals surface area contributed by atoms with Crippen molar-refractivity contribution in [1.29, 1.82) is 0 Å². The highest BCUT2D eigenvalue weighted by atomic mass is 32.2. The zero-order chi connectivity index (χ0) is 33.8. The third kappa shape index (κ3) is 4.59. The van der Waals surface area contributed by atoms with Gasteiger partial charge in [-0.3, -0.25) is 0 Å². The van der Waals surface area contributed by atoms with Crippen LogP contribution in [-0.4, -0.2) is 0 Å². The number of hydrogen-bond donors (Lipinski definition) is 0. The molecular formula is C48H49NS. The van der Waals surface area contributed by atoms with Gasteiger partial charge in [0.05, 0.1) is 0 Å². The van der Waals surface area contributed by atoms with Crippen LogP contribution < -0.4 is 4.90 Å². The van der Waals surface area contributed by atoms with Gasteiger partial charge in [0.25, 0.3) is 0 Å². The molecule has 0 amide bonds. The molecule has 0 atom stereocenters. The number of nitrogens with zero attached hydrogens (tertiary/aromatic N) is 1. The standard InChI is InChI=1S/C48H49NS/c1-46(2)22-23-47(3,4)42-29-38(18-20-40(42)46)49(37-16-14-34(15-17-37)33-10-6-5-7-11-33)39-19-21-45-43(30-39)48(41-12-8-9-13-44(41)50-45)35-25-31-24-32(27-35)28-36(48)26-31/h5-21,29-32,35-36H,22-28H2,1-4H3. The zero-order valence-corrected chi connectivity index (χ0v) is 30.9. The van der Waals surface area contributed by atoms with Crippen molar-refractivity contribution in [3.63, 3.8) is 0 Å². The van der Waals surface area contributed by atoms with Gasteiger partial charge in [0.1, 0.15) is 0 Å². The molecule has 0 unspecified atom stereocenters. The van der Waals surface area contributed by atoms with E-state index in [0.29, 0.717) is 0 Å². The largest absolute Gasteiger partial charge is 0.310 e. The molecule has 4 saturated carbocycles. The lowest BCUT2D eigenvalue weighted by molar-refractivity contribution is -0.0443. The van der Waals surface area contributed by atoms with E-state index in [-0.39, 0.29) is 16.2 Å². The Hall–Kier alpha value is -3.75. The molecule has 1 nitrogen and oxygen atoms in total. The summed E-state index contributed by atoms with van der Waals surface area (Å²) in [5.74, 6) is 3.33. The van der Waals surface area contributed by atoms with Crippen molar-refractivity contribution in [2.24, 2.45) is 23.7 Å². The number of rotatable bonds is 4. The van der Waals surface area contributed by atoms with Crippen LogP contribution in [0.3, 0.4) is 0 Å². The number of hydrogen-bond acceptors (Lipinski definition) is 2. The Morgan fingerprint density at radius 2 is 1.02 bits per heavy atom. The van der Waals surface area contributed by atoms with E-state index in [1.54, 1.807) is 11.1 Å². The van der Waals surface area contributed by atoms with E-state index in [4.69, 9.17) is 0 Å². The molecule has 0 radical (unpaired) electrons. The smallest absolute Gasteiger partial charge is 0.0465 e. The van der Waals surface area contributed by atoms with E-state index in [1.165, 1.54) is 94.1 Å². The van der Waals surface area contributed by atoms with Gasteiger partial charge in [-0.05, 0) is 161 Å². The summed E-state index contributed by atoms with van der Waals surface area (Å²) in [6, 6.07) is 44.6. The predicted molar refractivity (Wildman–Crippen MR) is 210 cm³/mol. The van der Waals surface area contributed by atoms with Crippen LogP contribution in [0.4, 0.5) is 17.1 Å². The van der Waals surface area contributed by atoms with Crippen LogP contribution in [0.5, 0.6) is 0 Å². The first kappa shape index (κ1) is 31.0. The average Bonchev–Trinajstić information content (AvgIpc) is 3.12. The molecule has 5 aromatic rings. The lowest BCUT2D eigenvalue weighted by atomic mass is 9.42. The van der Waals surface area contributed by atoms with E-state index in [1.807, 2.05) is 11.8 Å². The highest BCUT2D eigenvalue weighted by Crippen LogP contribution is 2.69. The van der Waals surface area contributed by atoms with Crippen molar-refractivity contribution in [2.75, 3.05) is 4.90 Å². The second-order valence-corrected chi connectivity index (χ2v) is 18.8. The van der Waals surface area contributed by atoms with Gasteiger partial charge in [-0.25, -0.2) is 0 Å². The lowest BCUT2D eigenvalue weighted by Crippen LogP contribution is -2.57. The van der Waals surface area contributed by atoms with Crippen LogP contribution in [0.15, 0.2) is 125 Å². The minimum Gasteiger partial charge on any atom is -0.310 e. The fourth-order valence-electron chi connectivity index (χ4n) is 11.6. The Bertz CT molecular complexity index is 2080. The summed E-state index contributed by atoms with van der Waals surface area (Å²) in [7, 11) is 0. The SMILES string of the molecule is CC1(C)CCC(C)(C)c2cc(N(c3ccc(-c4ccccc4)cc3)c3ccc4c(c3)C3(c5ccccc5S4)C4CC5CC(C4)CC3C5)ccc21. The molecule has 5 aliphatic carbocycles. The highest BCUT2D eigenvalue weighted by molar-refractivity contribution is 7.99. The van der Waals surface area contributed by atoms with Gasteiger partial charge in [0.15, 0.2) is 0 Å². The molecule has 252 valence electrons. The predicted octanol–water partition coefficient (Wildman–Crippen LogP) is 13.4. The van der Waals surface area contributed by atoms with Gasteiger partial charge in [-0.2, -0.15) is 0 Å². The van der Waals surface area contributed by atoms with Crippen LogP contribution in [0, 0.1) is 23.7 Å². The maximum absolute atomic E-state index is 2.65. The van der Waals surface area contributed by atoms with Crippen molar-refractivity contribution in [3.05, 3.63) is 138 Å². The Balaban J connectivity index is 1.17. The lowest BCUT2D eigenvalue weighted by Gasteiger charge is -2.63. The molecule has 4 bridgehead atoms. The summed E-state index contributed by atoms with van der Waals surface area (Å²) in [6.07, 6.45) is 9.51. The average molecular weight is 672 g/mol. The monoisotopic (exact) mass is 671 g/mol. The van der Waals surface area contributed by atoms with Gasteiger partial charge in [0, 0.05) is 32.3 Å². The van der Waals surface area contributed by atoms with E-state index < -0.39 is 0 Å². The van der Waals surface area contributed by atoms with Crippen molar-refractivity contribution < 1.29 is 0 Å². The Morgan fingerprint density at radius 3 is 1.72 bits per heavy atom. The quantitative estimate of drug-likeness (QED) is 0.187. The first-order valence-electron chi connectivity index (χ1n) is 19.2. The summed E-state index contributed by atoms with van der Waals surface area (Å²) < 4.78 is 0. The molecule has 11 rings (SSSR count). The zero-order valence-electron chi connectivity index (χ0n) is 30.1. The fourth-order valence-corrected chi connectivity index (χ4v) is 12.8. The number of benzene rings is 5. The van der Waals surface area contributed by atoms with Gasteiger partial charge >= 0.3 is 0 Å². The summed E-state index contributed by atoms with van der Waals surface area (Å²) in [6.45, 7) is 9.77. The van der Waals surface area contributed by atoms with Crippen LogP contribution >= 0.6 is 11.8 Å². The van der Waals surface area contributed by atoms with Crippen LogP contribution in [-0.2, 0) is 16.2 Å². The summed E-state index contributed by atoms with van der Waals surface area (Å²) in [5, 5.41) is 0. The Kier molecular flexibility index (Phi) is 6.90. The van der Waals surface area contributed by atoms with E-state index in [0.717, 1.165) is 23.7 Å². The van der Waals surface area contributed by atoms with Crippen molar-refractivity contribution in [1.82, 2.24) is 0 Å². The molecule has 50 heavy (non-hydrogen) atoms. The summed E-state index contributed by atoms with van der Waals surface area (Å²) in [5.41, 5.74) is 13.0. The number of fused-ring (bicyclic) bond motifs is 3. The molecule has 0 N–H and O–H groups in total. The molecular weight excluding hydrogens is 623 g/mol. The normalized spacial score (nSPS) is 27.8. The van der Waals surface area contributed by atoms with Gasteiger partial charge < -0.3 is 4.90 Å². The topological polar surface area (TPSA) is 3.24 Å². The Labute approximate surface area is 303 Å². The first-order chi connectivity index (χ1) is 24.2. The van der Waals surface area contributed by atoms with Crippen molar-refractivity contribution in [3.8, 4) is 11.1 Å². The maximum atomic E-state index is 2.65. The Morgan fingerprint density at radius 1 is 0.480 bits per heavy atom. The molecule has 6 aliphatic rings.